The van der Waals surface area contributed by atoms with E-state index in [1.165, 1.54) is 29.2 Å². The van der Waals surface area contributed by atoms with Gasteiger partial charge in [-0.3, -0.25) is 0 Å². The van der Waals surface area contributed by atoms with Gasteiger partial charge in [0, 0.05) is 10.9 Å². The van der Waals surface area contributed by atoms with Gasteiger partial charge in [-0.25, -0.2) is 30.4 Å². The Hall–Kier alpha value is -1.85. The van der Waals surface area contributed by atoms with Crippen molar-refractivity contribution in [3.05, 3.63) is 53.4 Å². The summed E-state index contributed by atoms with van der Waals surface area (Å²) in [4.78, 5) is -0.954. The first-order valence-electron chi connectivity index (χ1n) is 7.48. The van der Waals surface area contributed by atoms with Crippen molar-refractivity contribution in [3.63, 3.8) is 0 Å². The molecule has 1 fully saturated rings. The first-order chi connectivity index (χ1) is 12.5. The Labute approximate surface area is 154 Å². The highest BCUT2D eigenvalue weighted by Gasteiger charge is 2.29. The van der Waals surface area contributed by atoms with Crippen LogP contribution in [-0.4, -0.2) is 29.6 Å². The maximum Gasteiger partial charge on any atom is 0.200 e. The van der Waals surface area contributed by atoms with Gasteiger partial charge in [-0.1, -0.05) is 0 Å². The Morgan fingerprint density at radius 1 is 0.815 bits per heavy atom. The van der Waals surface area contributed by atoms with E-state index in [-0.39, 0.29) is 0 Å². The van der Waals surface area contributed by atoms with E-state index in [0.717, 1.165) is 0 Å². The lowest BCUT2D eigenvalue weighted by molar-refractivity contribution is 0.350. The fourth-order valence-electron chi connectivity index (χ4n) is 2.33. The van der Waals surface area contributed by atoms with Gasteiger partial charge < -0.3 is 9.66 Å². The molecule has 148 valence electrons. The number of hydrogen-bond donors (Lipinski definition) is 1. The van der Waals surface area contributed by atoms with Crippen LogP contribution in [0, 0.1) is 29.1 Å². The third-order valence-electron chi connectivity index (χ3n) is 3.62. The summed E-state index contributed by atoms with van der Waals surface area (Å²) >= 11 is 0. The number of hydrogen-bond acceptors (Lipinski definition) is 4. The molecule has 1 saturated heterocycles. The predicted molar refractivity (Wildman–Crippen MR) is 86.9 cm³/mol. The predicted octanol–water partition coefficient (Wildman–Crippen LogP) is 3.45. The fraction of sp³-hybridized carbons (Fsp3) is 0.250. The van der Waals surface area contributed by atoms with Crippen molar-refractivity contribution in [2.24, 2.45) is 0 Å². The Morgan fingerprint density at radius 3 is 1.63 bits per heavy atom. The van der Waals surface area contributed by atoms with Crippen molar-refractivity contribution in [2.45, 2.75) is 22.6 Å². The molecule has 0 aromatic heterocycles. The number of rotatable bonds is 2. The van der Waals surface area contributed by atoms with E-state index in [1.54, 1.807) is 12.1 Å². The number of phenolic OH excluding ortho intramolecular Hbond substituents is 1. The molecular formula is C16H13F5O4S2. The van der Waals surface area contributed by atoms with E-state index >= 15 is 0 Å². The minimum Gasteiger partial charge on any atom is -0.744 e. The Bertz CT molecular complexity index is 898. The molecule has 1 heterocycles. The molecule has 2 aromatic carbocycles. The van der Waals surface area contributed by atoms with Crippen LogP contribution >= 0.6 is 0 Å². The average molecular weight is 428 g/mol. The molecule has 0 saturated carbocycles. The van der Waals surface area contributed by atoms with E-state index in [9.17, 15) is 34.9 Å². The summed E-state index contributed by atoms with van der Waals surface area (Å²) in [5.41, 5.74) is 0. The van der Waals surface area contributed by atoms with Crippen molar-refractivity contribution in [1.29, 1.82) is 0 Å². The van der Waals surface area contributed by atoms with Gasteiger partial charge in [-0.15, -0.1) is 0 Å². The van der Waals surface area contributed by atoms with Gasteiger partial charge in [-0.2, -0.15) is 0 Å². The third-order valence-corrected chi connectivity index (χ3v) is 6.98. The molecular weight excluding hydrogens is 415 g/mol. The third kappa shape index (κ3) is 4.90. The van der Waals surface area contributed by atoms with Gasteiger partial charge in [0.1, 0.15) is 32.3 Å². The molecule has 11 heteroatoms. The lowest BCUT2D eigenvalue weighted by atomic mass is 10.3. The van der Waals surface area contributed by atoms with Crippen LogP contribution in [0.15, 0.2) is 34.1 Å². The van der Waals surface area contributed by atoms with Crippen LogP contribution in [0.25, 0.3) is 0 Å². The van der Waals surface area contributed by atoms with Crippen LogP contribution in [0.1, 0.15) is 12.8 Å². The normalized spacial score (nSPS) is 14.7. The molecule has 0 radical (unpaired) electrons. The van der Waals surface area contributed by atoms with Crippen molar-refractivity contribution >= 4 is 21.0 Å². The maximum atomic E-state index is 12.6. The number of aromatic hydroxyl groups is 1. The summed E-state index contributed by atoms with van der Waals surface area (Å²) in [7, 11) is -5.28. The van der Waals surface area contributed by atoms with Gasteiger partial charge >= 0.3 is 0 Å². The minimum absolute atomic E-state index is 0.376. The Balaban J connectivity index is 0.000000198. The Morgan fingerprint density at radius 2 is 1.22 bits per heavy atom. The molecule has 0 bridgehead atoms. The van der Waals surface area contributed by atoms with Crippen LogP contribution < -0.4 is 0 Å². The zero-order valence-electron chi connectivity index (χ0n) is 13.5. The molecule has 0 spiro atoms. The largest absolute Gasteiger partial charge is 0.744 e. The molecule has 3 rings (SSSR count). The topological polar surface area (TPSA) is 77.4 Å². The highest BCUT2D eigenvalue weighted by molar-refractivity contribution is 7.97. The second kappa shape index (κ2) is 8.44. The molecule has 4 nitrogen and oxygen atoms in total. The molecule has 0 atom stereocenters. The lowest BCUT2D eigenvalue weighted by Gasteiger charge is -2.10. The van der Waals surface area contributed by atoms with E-state index in [2.05, 4.69) is 12.1 Å². The van der Waals surface area contributed by atoms with E-state index in [1.807, 2.05) is 0 Å². The summed E-state index contributed by atoms with van der Waals surface area (Å²) in [5.74, 6) is -9.75. The van der Waals surface area contributed by atoms with Crippen LogP contribution in [-0.2, 0) is 21.0 Å². The number of phenols is 1. The van der Waals surface area contributed by atoms with E-state index < -0.39 is 44.1 Å². The standard InChI is InChI=1S/C10H12OS.C6HF5O3S/c11-9-3-5-10(6-4-9)12-7-1-2-8-12;7-1-2(8)4(10)6(15(12,13)14)5(11)3(1)9/h3-6H,1-2,7-8H2;(H,12,13,14). The first-order valence-corrected chi connectivity index (χ1v) is 10.4. The summed E-state index contributed by atoms with van der Waals surface area (Å²) in [6.07, 6.45) is 2.76. The molecule has 1 N–H and O–H groups in total. The molecule has 0 amide bonds. The minimum atomic E-state index is -5.77. The van der Waals surface area contributed by atoms with Crippen molar-refractivity contribution in [3.8, 4) is 5.75 Å². The molecule has 1 aliphatic rings. The van der Waals surface area contributed by atoms with Crippen LogP contribution in [0.2, 0.25) is 0 Å². The quantitative estimate of drug-likeness (QED) is 0.261. The summed E-state index contributed by atoms with van der Waals surface area (Å²) < 4.78 is 92.9. The van der Waals surface area contributed by atoms with Gasteiger partial charge in [0.25, 0.3) is 0 Å². The Kier molecular flexibility index (Phi) is 6.71. The second-order valence-electron chi connectivity index (χ2n) is 5.46. The second-order valence-corrected chi connectivity index (χ2v) is 9.05. The van der Waals surface area contributed by atoms with E-state index in [4.69, 9.17) is 5.11 Å². The van der Waals surface area contributed by atoms with Gasteiger partial charge in [-0.05, 0) is 37.1 Å². The number of benzene rings is 2. The van der Waals surface area contributed by atoms with E-state index in [0.29, 0.717) is 16.6 Å². The molecule has 27 heavy (non-hydrogen) atoms. The zero-order chi connectivity index (χ0) is 20.4. The summed E-state index contributed by atoms with van der Waals surface area (Å²) in [5, 5.41) is 9.10. The van der Waals surface area contributed by atoms with Gasteiger partial charge in [0.05, 0.1) is 0 Å². The molecule has 1 aliphatic heterocycles. The van der Waals surface area contributed by atoms with Crippen LogP contribution in [0.5, 0.6) is 5.75 Å². The fourth-order valence-corrected chi connectivity index (χ4v) is 5.25. The monoisotopic (exact) mass is 428 g/mol. The van der Waals surface area contributed by atoms with Crippen LogP contribution in [0.3, 0.4) is 0 Å². The van der Waals surface area contributed by atoms with Crippen molar-refractivity contribution in [1.82, 2.24) is 0 Å². The summed E-state index contributed by atoms with van der Waals surface area (Å²) in [6.45, 7) is 0. The SMILES string of the molecule is O=S(=O)([O-])c1c(F)c(F)c(F)c(F)c1F.Oc1ccc([S+]2CCCC2)cc1. The lowest BCUT2D eigenvalue weighted by Crippen LogP contribution is -2.12. The molecule has 0 unspecified atom stereocenters. The molecule has 2 aromatic rings. The summed E-state index contributed by atoms with van der Waals surface area (Å²) in [6, 6.07) is 7.70. The van der Waals surface area contributed by atoms with Gasteiger partial charge in [0.15, 0.2) is 28.2 Å². The highest BCUT2D eigenvalue weighted by Crippen LogP contribution is 2.26. The first kappa shape index (κ1) is 21.5. The number of halogens is 5. The zero-order valence-corrected chi connectivity index (χ0v) is 15.1. The highest BCUT2D eigenvalue weighted by atomic mass is 32.2. The molecule has 0 aliphatic carbocycles. The van der Waals surface area contributed by atoms with Crippen LogP contribution in [0.4, 0.5) is 22.0 Å². The average Bonchev–Trinajstić information content (AvgIpc) is 3.13. The smallest absolute Gasteiger partial charge is 0.200 e. The van der Waals surface area contributed by atoms with Crippen molar-refractivity contribution in [2.75, 3.05) is 11.5 Å². The van der Waals surface area contributed by atoms with Gasteiger partial charge in [0.2, 0.25) is 5.82 Å². The maximum absolute atomic E-state index is 12.6. The van der Waals surface area contributed by atoms with Crippen molar-refractivity contribution < 1.29 is 40.0 Å².